The van der Waals surface area contributed by atoms with E-state index in [0.717, 1.165) is 22.6 Å². The first-order valence-electron chi connectivity index (χ1n) is 9.17. The van der Waals surface area contributed by atoms with E-state index in [0.29, 0.717) is 12.2 Å². The maximum atomic E-state index is 14.6. The fourth-order valence-corrected chi connectivity index (χ4v) is 4.25. The average molecular weight is 400 g/mol. The Morgan fingerprint density at radius 1 is 1.00 bits per heavy atom. The van der Waals surface area contributed by atoms with Crippen molar-refractivity contribution in [3.05, 3.63) is 76.9 Å². The molecule has 1 atom stereocenters. The zero-order valence-electron chi connectivity index (χ0n) is 15.3. The lowest BCUT2D eigenvalue weighted by atomic mass is 10.0. The monoisotopic (exact) mass is 400 g/mol. The second-order valence-electron chi connectivity index (χ2n) is 6.92. The van der Waals surface area contributed by atoms with Crippen LogP contribution in [0.4, 0.5) is 13.2 Å². The topological polar surface area (TPSA) is 9.23 Å². The van der Waals surface area contributed by atoms with Gasteiger partial charge in [-0.3, -0.25) is 0 Å². The van der Waals surface area contributed by atoms with E-state index in [2.05, 4.69) is 6.08 Å². The van der Waals surface area contributed by atoms with Crippen molar-refractivity contribution in [2.24, 2.45) is 5.92 Å². The molecule has 1 aliphatic carbocycles. The van der Waals surface area contributed by atoms with Crippen molar-refractivity contribution in [3.63, 3.8) is 0 Å². The van der Waals surface area contributed by atoms with Gasteiger partial charge >= 0.3 is 0 Å². The lowest BCUT2D eigenvalue weighted by Crippen LogP contribution is -2.09. The van der Waals surface area contributed by atoms with Crippen LogP contribution >= 0.6 is 11.3 Å². The predicted octanol–water partition coefficient (Wildman–Crippen LogP) is 7.15. The standard InChI is InChI=1S/C23H19F3OS/c1-14-6-11-21(28-14)18-8-7-16(12-19(18)24)17-9-10-20(23(26)22(17)25)27-13-15-4-2-3-5-15/h2,4,6-12,15H,3,5,13H2,1H3. The first-order valence-corrected chi connectivity index (χ1v) is 9.99. The second-order valence-corrected chi connectivity index (χ2v) is 8.21. The summed E-state index contributed by atoms with van der Waals surface area (Å²) < 4.78 is 49.1. The Morgan fingerprint density at radius 3 is 2.50 bits per heavy atom. The molecule has 0 spiro atoms. The molecular weight excluding hydrogens is 381 g/mol. The Balaban J connectivity index is 1.59. The van der Waals surface area contributed by atoms with Crippen molar-refractivity contribution in [2.75, 3.05) is 6.61 Å². The van der Waals surface area contributed by atoms with Crippen LogP contribution in [-0.4, -0.2) is 6.61 Å². The highest BCUT2D eigenvalue weighted by Gasteiger charge is 2.19. The van der Waals surface area contributed by atoms with Crippen molar-refractivity contribution in [3.8, 4) is 27.3 Å². The molecule has 0 fully saturated rings. The number of benzene rings is 2. The first kappa shape index (κ1) is 18.8. The molecule has 2 aromatic carbocycles. The summed E-state index contributed by atoms with van der Waals surface area (Å²) in [7, 11) is 0. The third-order valence-electron chi connectivity index (χ3n) is 4.90. The molecule has 3 aromatic rings. The van der Waals surface area contributed by atoms with Gasteiger partial charge in [0.15, 0.2) is 11.6 Å². The fraction of sp³-hybridized carbons (Fsp3) is 0.217. The van der Waals surface area contributed by atoms with Gasteiger partial charge in [0.25, 0.3) is 0 Å². The van der Waals surface area contributed by atoms with Gasteiger partial charge in [0, 0.05) is 26.8 Å². The van der Waals surface area contributed by atoms with Crippen molar-refractivity contribution < 1.29 is 17.9 Å². The number of allylic oxidation sites excluding steroid dienone is 1. The van der Waals surface area contributed by atoms with Gasteiger partial charge in [-0.15, -0.1) is 11.3 Å². The molecule has 5 heteroatoms. The van der Waals surface area contributed by atoms with Gasteiger partial charge in [-0.05, 0) is 61.7 Å². The van der Waals surface area contributed by atoms with E-state index >= 15 is 0 Å². The SMILES string of the molecule is Cc1ccc(-c2ccc(-c3ccc(OCC4C=CCC4)c(F)c3F)cc2F)s1. The van der Waals surface area contributed by atoms with Crippen LogP contribution in [0.15, 0.2) is 54.6 Å². The quantitative estimate of drug-likeness (QED) is 0.413. The number of ether oxygens (including phenoxy) is 1. The highest BCUT2D eigenvalue weighted by atomic mass is 32.1. The van der Waals surface area contributed by atoms with E-state index in [1.54, 1.807) is 12.1 Å². The number of halogens is 3. The molecule has 1 nitrogen and oxygen atoms in total. The van der Waals surface area contributed by atoms with Gasteiger partial charge in [0.05, 0.1) is 6.61 Å². The largest absolute Gasteiger partial charge is 0.490 e. The minimum Gasteiger partial charge on any atom is -0.490 e. The molecule has 0 amide bonds. The van der Waals surface area contributed by atoms with E-state index in [1.165, 1.54) is 29.5 Å². The molecule has 144 valence electrons. The first-order chi connectivity index (χ1) is 13.5. The van der Waals surface area contributed by atoms with E-state index < -0.39 is 17.5 Å². The Morgan fingerprint density at radius 2 is 1.82 bits per heavy atom. The number of thiophene rings is 1. The molecule has 4 rings (SSSR count). The van der Waals surface area contributed by atoms with Crippen molar-refractivity contribution >= 4 is 11.3 Å². The highest BCUT2D eigenvalue weighted by Crippen LogP contribution is 2.35. The zero-order valence-corrected chi connectivity index (χ0v) is 16.2. The van der Waals surface area contributed by atoms with Crippen LogP contribution in [0.5, 0.6) is 5.75 Å². The molecule has 0 saturated heterocycles. The number of rotatable bonds is 5. The summed E-state index contributed by atoms with van der Waals surface area (Å²) >= 11 is 1.48. The van der Waals surface area contributed by atoms with E-state index in [9.17, 15) is 13.2 Å². The summed E-state index contributed by atoms with van der Waals surface area (Å²) in [6.07, 6.45) is 6.03. The molecule has 0 saturated carbocycles. The summed E-state index contributed by atoms with van der Waals surface area (Å²) in [6.45, 7) is 2.26. The van der Waals surface area contributed by atoms with Gasteiger partial charge in [-0.2, -0.15) is 4.39 Å². The fourth-order valence-electron chi connectivity index (χ4n) is 3.36. The summed E-state index contributed by atoms with van der Waals surface area (Å²) in [5.41, 5.74) is 0.752. The van der Waals surface area contributed by atoms with E-state index in [1.807, 2.05) is 25.1 Å². The van der Waals surface area contributed by atoms with Gasteiger partial charge in [-0.1, -0.05) is 18.2 Å². The normalized spacial score (nSPS) is 15.9. The number of hydrogen-bond donors (Lipinski definition) is 0. The van der Waals surface area contributed by atoms with Gasteiger partial charge < -0.3 is 4.74 Å². The van der Waals surface area contributed by atoms with Crippen LogP contribution in [0.2, 0.25) is 0 Å². The summed E-state index contributed by atoms with van der Waals surface area (Å²) in [4.78, 5) is 1.88. The maximum absolute atomic E-state index is 14.6. The molecule has 0 radical (unpaired) electrons. The summed E-state index contributed by atoms with van der Waals surface area (Å²) in [6, 6.07) is 11.1. The maximum Gasteiger partial charge on any atom is 0.201 e. The van der Waals surface area contributed by atoms with Crippen molar-refractivity contribution in [1.82, 2.24) is 0 Å². The Bertz CT molecular complexity index is 1040. The third kappa shape index (κ3) is 3.72. The number of hydrogen-bond acceptors (Lipinski definition) is 2. The zero-order chi connectivity index (χ0) is 19.7. The highest BCUT2D eigenvalue weighted by molar-refractivity contribution is 7.15. The molecule has 1 aromatic heterocycles. The molecule has 28 heavy (non-hydrogen) atoms. The Kier molecular flexibility index (Phi) is 5.27. The van der Waals surface area contributed by atoms with Gasteiger partial charge in [0.2, 0.25) is 5.82 Å². The van der Waals surface area contributed by atoms with Crippen molar-refractivity contribution in [2.45, 2.75) is 19.8 Å². The number of aryl methyl sites for hydroxylation is 1. The van der Waals surface area contributed by atoms with Crippen LogP contribution in [0.3, 0.4) is 0 Å². The second kappa shape index (κ2) is 7.84. The van der Waals surface area contributed by atoms with Crippen LogP contribution in [0.25, 0.3) is 21.6 Å². The van der Waals surface area contributed by atoms with Crippen LogP contribution < -0.4 is 4.74 Å². The molecule has 1 heterocycles. The average Bonchev–Trinajstić information content (AvgIpc) is 3.34. The lowest BCUT2D eigenvalue weighted by Gasteiger charge is -2.13. The molecule has 1 unspecified atom stereocenters. The van der Waals surface area contributed by atoms with Crippen LogP contribution in [0, 0.1) is 30.3 Å². The summed E-state index contributed by atoms with van der Waals surface area (Å²) in [5, 5.41) is 0. The lowest BCUT2D eigenvalue weighted by molar-refractivity contribution is 0.258. The molecule has 0 N–H and O–H groups in total. The Hall–Kier alpha value is -2.53. The molecule has 1 aliphatic rings. The minimum atomic E-state index is -1.04. The predicted molar refractivity (Wildman–Crippen MR) is 107 cm³/mol. The van der Waals surface area contributed by atoms with Crippen molar-refractivity contribution in [1.29, 1.82) is 0 Å². The molecular formula is C23H19F3OS. The molecule has 0 bridgehead atoms. The minimum absolute atomic E-state index is 0.0124. The van der Waals surface area contributed by atoms with Gasteiger partial charge in [-0.25, -0.2) is 8.78 Å². The summed E-state index contributed by atoms with van der Waals surface area (Å²) in [5.74, 6) is -2.43. The van der Waals surface area contributed by atoms with E-state index in [-0.39, 0.29) is 22.8 Å². The third-order valence-corrected chi connectivity index (χ3v) is 5.93. The smallest absolute Gasteiger partial charge is 0.201 e. The molecule has 0 aliphatic heterocycles. The van der Waals surface area contributed by atoms with Crippen LogP contribution in [0.1, 0.15) is 17.7 Å². The Labute approximate surface area is 166 Å². The van der Waals surface area contributed by atoms with Gasteiger partial charge in [0.1, 0.15) is 5.82 Å². The van der Waals surface area contributed by atoms with Crippen LogP contribution in [-0.2, 0) is 0 Å². The van der Waals surface area contributed by atoms with E-state index in [4.69, 9.17) is 4.74 Å².